The van der Waals surface area contributed by atoms with Gasteiger partial charge < -0.3 is 24.7 Å². The summed E-state index contributed by atoms with van der Waals surface area (Å²) in [6.45, 7) is 4.85. The number of nitrogens with zero attached hydrogens (tertiary/aromatic N) is 3. The molecular weight excluding hydrogens is 621 g/mol. The molecule has 2 heterocycles. The van der Waals surface area contributed by atoms with Crippen LogP contribution in [0.3, 0.4) is 0 Å². The molecule has 1 aliphatic heterocycles. The Hall–Kier alpha value is -4.00. The first-order valence-electron chi connectivity index (χ1n) is 13.9. The lowest BCUT2D eigenvalue weighted by Gasteiger charge is -2.30. The summed E-state index contributed by atoms with van der Waals surface area (Å²) in [6, 6.07) is 11.9. The molecule has 1 atom stereocenters. The quantitative estimate of drug-likeness (QED) is 0.165. The molecule has 12 heteroatoms. The first kappa shape index (κ1) is 30.5. The first-order chi connectivity index (χ1) is 20.9. The van der Waals surface area contributed by atoms with Crippen molar-refractivity contribution in [3.05, 3.63) is 82.4 Å². The number of halogens is 2. The lowest BCUT2D eigenvalue weighted by Crippen LogP contribution is -2.37. The second-order valence-corrected chi connectivity index (χ2v) is 11.1. The van der Waals surface area contributed by atoms with Gasteiger partial charge in [-0.15, -0.1) is 0 Å². The fourth-order valence-electron chi connectivity index (χ4n) is 5.06. The number of hydrazone groups is 1. The van der Waals surface area contributed by atoms with Crippen molar-refractivity contribution in [2.24, 2.45) is 10.8 Å². The fourth-order valence-corrected chi connectivity index (χ4v) is 5.46. The summed E-state index contributed by atoms with van der Waals surface area (Å²) in [5, 5.41) is 4.59. The molecule has 2 amide bonds. The largest absolute Gasteiger partial charge is 0.493 e. The standard InChI is InChI=1S/C31H33BrFN5O5/c1-40-28-17-23-25(18-29(28)42-13-3-10-38-11-14-41-15-12-38)35-9-7-26(23)43-27-6-8-31(19-24(27)33,20-36-37-30(34)39)21-4-2-5-22(32)16-21/h2,4-9,16-18,20H,3,10-15,19H2,1H3,(H3,34,37,39). The summed E-state index contributed by atoms with van der Waals surface area (Å²) in [4.78, 5) is 18.0. The van der Waals surface area contributed by atoms with Crippen LogP contribution in [0, 0.1) is 0 Å². The average Bonchev–Trinajstić information content (AvgIpc) is 3.00. The van der Waals surface area contributed by atoms with Gasteiger partial charge in [-0.2, -0.15) is 5.10 Å². The number of hydrogen-bond donors (Lipinski definition) is 2. The molecular formula is C31H33BrFN5O5. The molecule has 10 nitrogen and oxygen atoms in total. The molecule has 2 aromatic carbocycles. The number of carbonyl (C=O) groups excluding carboxylic acids is 1. The Kier molecular flexibility index (Phi) is 9.90. The monoisotopic (exact) mass is 653 g/mol. The Morgan fingerprint density at radius 1 is 1.23 bits per heavy atom. The van der Waals surface area contributed by atoms with Crippen LogP contribution in [-0.2, 0) is 10.2 Å². The molecule has 226 valence electrons. The average molecular weight is 655 g/mol. The first-order valence-corrected chi connectivity index (χ1v) is 14.7. The van der Waals surface area contributed by atoms with E-state index in [1.54, 1.807) is 43.7 Å². The number of methoxy groups -OCH3 is 1. The van der Waals surface area contributed by atoms with Crippen LogP contribution in [0.15, 0.2) is 82.0 Å². The Labute approximate surface area is 257 Å². The predicted octanol–water partition coefficient (Wildman–Crippen LogP) is 5.22. The van der Waals surface area contributed by atoms with E-state index in [0.29, 0.717) is 34.8 Å². The normalized spacial score (nSPS) is 19.1. The fraction of sp³-hybridized carbons (Fsp3) is 0.323. The molecule has 1 aliphatic carbocycles. The number of rotatable bonds is 11. The third-order valence-electron chi connectivity index (χ3n) is 7.27. The van der Waals surface area contributed by atoms with Gasteiger partial charge >= 0.3 is 6.03 Å². The Morgan fingerprint density at radius 3 is 2.81 bits per heavy atom. The van der Waals surface area contributed by atoms with E-state index in [-0.39, 0.29) is 12.2 Å². The zero-order valence-electron chi connectivity index (χ0n) is 23.7. The summed E-state index contributed by atoms with van der Waals surface area (Å²) in [6.07, 6.45) is 7.18. The highest BCUT2D eigenvalue weighted by molar-refractivity contribution is 9.10. The van der Waals surface area contributed by atoms with Gasteiger partial charge in [0.15, 0.2) is 17.3 Å². The van der Waals surface area contributed by atoms with Crippen LogP contribution in [0.5, 0.6) is 17.2 Å². The SMILES string of the molecule is COc1cc2c(OC3=C(F)CC(C=NNC(N)=O)(c4cccc(Br)c4)C=C3)ccnc2cc1OCCCN1CCOCC1. The minimum Gasteiger partial charge on any atom is -0.493 e. The summed E-state index contributed by atoms with van der Waals surface area (Å²) in [5.74, 6) is 1.07. The summed E-state index contributed by atoms with van der Waals surface area (Å²) in [7, 11) is 1.57. The highest BCUT2D eigenvalue weighted by Crippen LogP contribution is 2.40. The molecule has 1 unspecified atom stereocenters. The molecule has 0 bridgehead atoms. The van der Waals surface area contributed by atoms with Crippen LogP contribution < -0.4 is 25.4 Å². The zero-order chi connectivity index (χ0) is 30.2. The number of allylic oxidation sites excluding steroid dienone is 3. The number of benzene rings is 2. The van der Waals surface area contributed by atoms with Crippen LogP contribution in [-0.4, -0.2) is 68.7 Å². The molecule has 0 radical (unpaired) electrons. The molecule has 5 rings (SSSR count). The van der Waals surface area contributed by atoms with Crippen molar-refractivity contribution < 1.29 is 28.1 Å². The third-order valence-corrected chi connectivity index (χ3v) is 7.76. The van der Waals surface area contributed by atoms with Crippen molar-refractivity contribution in [1.29, 1.82) is 0 Å². The molecule has 2 aliphatic rings. The number of primary amides is 1. The summed E-state index contributed by atoms with van der Waals surface area (Å²) in [5.41, 5.74) is 7.75. The molecule has 43 heavy (non-hydrogen) atoms. The number of nitrogens with two attached hydrogens (primary N) is 1. The van der Waals surface area contributed by atoms with Crippen LogP contribution in [0.4, 0.5) is 9.18 Å². The molecule has 1 fully saturated rings. The van der Waals surface area contributed by atoms with Crippen molar-refractivity contribution in [2.45, 2.75) is 18.3 Å². The third kappa shape index (κ3) is 7.51. The Balaban J connectivity index is 1.34. The van der Waals surface area contributed by atoms with Gasteiger partial charge in [-0.3, -0.25) is 9.88 Å². The van der Waals surface area contributed by atoms with E-state index in [1.807, 2.05) is 24.3 Å². The number of amides is 2. The van der Waals surface area contributed by atoms with E-state index in [9.17, 15) is 4.79 Å². The van der Waals surface area contributed by atoms with Crippen LogP contribution in [0.2, 0.25) is 0 Å². The number of morpholine rings is 1. The van der Waals surface area contributed by atoms with E-state index >= 15 is 4.39 Å². The highest BCUT2D eigenvalue weighted by atomic mass is 79.9. The van der Waals surface area contributed by atoms with Crippen molar-refractivity contribution >= 4 is 39.1 Å². The minimum atomic E-state index is -0.985. The molecule has 0 saturated carbocycles. The van der Waals surface area contributed by atoms with E-state index < -0.39 is 17.3 Å². The number of aromatic nitrogens is 1. The molecule has 0 spiro atoms. The lowest BCUT2D eigenvalue weighted by molar-refractivity contribution is 0.0357. The van der Waals surface area contributed by atoms with Crippen molar-refractivity contribution in [1.82, 2.24) is 15.3 Å². The number of fused-ring (bicyclic) bond motifs is 1. The van der Waals surface area contributed by atoms with E-state index in [1.165, 1.54) is 6.21 Å². The maximum atomic E-state index is 15.8. The van der Waals surface area contributed by atoms with Gasteiger partial charge in [-0.25, -0.2) is 14.6 Å². The van der Waals surface area contributed by atoms with Gasteiger partial charge in [-0.05, 0) is 42.3 Å². The van der Waals surface area contributed by atoms with Gasteiger partial charge in [0.2, 0.25) is 0 Å². The number of urea groups is 1. The molecule has 1 aromatic heterocycles. The van der Waals surface area contributed by atoms with Gasteiger partial charge in [-0.1, -0.05) is 34.1 Å². The maximum Gasteiger partial charge on any atom is 0.332 e. The van der Waals surface area contributed by atoms with Gasteiger partial charge in [0.1, 0.15) is 11.6 Å². The van der Waals surface area contributed by atoms with E-state index in [4.69, 9.17) is 24.7 Å². The summed E-state index contributed by atoms with van der Waals surface area (Å²) >= 11 is 3.47. The van der Waals surface area contributed by atoms with Crippen LogP contribution >= 0.6 is 15.9 Å². The van der Waals surface area contributed by atoms with Gasteiger partial charge in [0.25, 0.3) is 0 Å². The molecule has 3 aromatic rings. The number of carbonyl (C=O) groups is 1. The topological polar surface area (TPSA) is 121 Å². The predicted molar refractivity (Wildman–Crippen MR) is 165 cm³/mol. The number of nitrogens with one attached hydrogen (secondary N) is 1. The molecule has 1 saturated heterocycles. The zero-order valence-corrected chi connectivity index (χ0v) is 25.3. The maximum absolute atomic E-state index is 15.8. The van der Waals surface area contributed by atoms with Crippen molar-refractivity contribution in [2.75, 3.05) is 46.6 Å². The number of pyridine rings is 1. The van der Waals surface area contributed by atoms with Gasteiger partial charge in [0.05, 0.1) is 37.9 Å². The van der Waals surface area contributed by atoms with E-state index in [2.05, 4.69) is 36.3 Å². The van der Waals surface area contributed by atoms with Gasteiger partial charge in [0, 0.05) is 54.4 Å². The second kappa shape index (κ2) is 14.0. The second-order valence-electron chi connectivity index (χ2n) is 10.2. The number of ether oxygens (including phenoxy) is 4. The minimum absolute atomic E-state index is 0.0526. The Morgan fingerprint density at radius 2 is 2.07 bits per heavy atom. The van der Waals surface area contributed by atoms with Crippen molar-refractivity contribution in [3.8, 4) is 17.2 Å². The smallest absolute Gasteiger partial charge is 0.332 e. The number of hydrogen-bond acceptors (Lipinski definition) is 8. The van der Waals surface area contributed by atoms with E-state index in [0.717, 1.165) is 49.3 Å². The Bertz CT molecular complexity index is 1560. The summed E-state index contributed by atoms with van der Waals surface area (Å²) < 4.78 is 39.8. The molecule has 3 N–H and O–H groups in total. The van der Waals surface area contributed by atoms with Crippen LogP contribution in [0.1, 0.15) is 18.4 Å². The van der Waals surface area contributed by atoms with Crippen molar-refractivity contribution in [3.63, 3.8) is 0 Å². The lowest BCUT2D eigenvalue weighted by atomic mass is 9.76. The highest BCUT2D eigenvalue weighted by Gasteiger charge is 2.34. The van der Waals surface area contributed by atoms with Crippen LogP contribution in [0.25, 0.3) is 10.9 Å².